The van der Waals surface area contributed by atoms with Gasteiger partial charge in [-0.2, -0.15) is 13.2 Å². The lowest BCUT2D eigenvalue weighted by atomic mass is 10.1. The minimum Gasteiger partial charge on any atom is -0.423 e. The van der Waals surface area contributed by atoms with Crippen LogP contribution < -0.4 is 15.0 Å². The Morgan fingerprint density at radius 2 is 1.47 bits per heavy atom. The number of anilines is 2. The van der Waals surface area contributed by atoms with E-state index in [1.807, 2.05) is 0 Å². The van der Waals surface area contributed by atoms with E-state index in [2.05, 4.69) is 5.32 Å². The molecule has 0 fully saturated rings. The summed E-state index contributed by atoms with van der Waals surface area (Å²) in [5, 5.41) is 1.84. The summed E-state index contributed by atoms with van der Waals surface area (Å²) in [6.45, 7) is 1.41. The number of amides is 2. The molecule has 1 heterocycles. The second-order valence-corrected chi connectivity index (χ2v) is 8.76. The maximum atomic E-state index is 13.2. The zero-order valence-electron chi connectivity index (χ0n) is 19.2. The van der Waals surface area contributed by atoms with E-state index in [4.69, 9.17) is 27.9 Å². The number of Topliss-reactive ketones (excluding diaryl/α,β-unsaturated/α-hetero) is 1. The standard InChI is InChI=1S/C26H15Cl2F3N2O5/c1-13(34)14-4-9-18(10-5-14)38-25(37)15-2-7-17(8-3-15)32-22-21(28)23(35)33(24(22)36)20-12-16(26(29,30)31)6-11-19(20)27/h2-12,32H,1H3. The van der Waals surface area contributed by atoms with E-state index in [0.717, 1.165) is 12.1 Å². The Balaban J connectivity index is 1.49. The van der Waals surface area contributed by atoms with Crippen molar-refractivity contribution in [3.05, 3.63) is 99.2 Å². The van der Waals surface area contributed by atoms with Crippen LogP contribution in [-0.2, 0) is 15.8 Å². The van der Waals surface area contributed by atoms with Crippen molar-refractivity contribution in [3.8, 4) is 5.75 Å². The maximum Gasteiger partial charge on any atom is 0.416 e. The molecule has 7 nitrogen and oxygen atoms in total. The zero-order valence-corrected chi connectivity index (χ0v) is 20.7. The first-order chi connectivity index (χ1) is 17.9. The predicted molar refractivity (Wildman–Crippen MR) is 133 cm³/mol. The number of imide groups is 1. The van der Waals surface area contributed by atoms with Crippen LogP contribution in [0.15, 0.2) is 77.5 Å². The third-order valence-electron chi connectivity index (χ3n) is 5.40. The molecule has 3 aromatic rings. The molecule has 0 aromatic heterocycles. The monoisotopic (exact) mass is 562 g/mol. The molecule has 194 valence electrons. The highest BCUT2D eigenvalue weighted by Gasteiger charge is 2.41. The molecule has 1 aliphatic rings. The molecule has 3 aromatic carbocycles. The van der Waals surface area contributed by atoms with Crippen molar-refractivity contribution in [2.75, 3.05) is 10.2 Å². The molecule has 0 spiro atoms. The molecule has 0 saturated carbocycles. The number of hydrogen-bond donors (Lipinski definition) is 1. The summed E-state index contributed by atoms with van der Waals surface area (Å²) in [5.74, 6) is -2.68. The van der Waals surface area contributed by atoms with Gasteiger partial charge in [0, 0.05) is 11.3 Å². The molecule has 0 aliphatic carbocycles. The summed E-state index contributed by atoms with van der Waals surface area (Å²) < 4.78 is 44.7. The fourth-order valence-electron chi connectivity index (χ4n) is 3.45. The number of halogens is 5. The van der Waals surface area contributed by atoms with Gasteiger partial charge in [-0.1, -0.05) is 23.2 Å². The molecule has 12 heteroatoms. The first-order valence-corrected chi connectivity index (χ1v) is 11.5. The number of nitrogens with one attached hydrogen (secondary N) is 1. The van der Waals surface area contributed by atoms with Crippen LogP contribution in [0.2, 0.25) is 5.02 Å². The number of benzene rings is 3. The summed E-state index contributed by atoms with van der Waals surface area (Å²) in [5.41, 5.74) is -1.10. The van der Waals surface area contributed by atoms with E-state index in [0.29, 0.717) is 16.5 Å². The van der Waals surface area contributed by atoms with Crippen LogP contribution in [0.3, 0.4) is 0 Å². The van der Waals surface area contributed by atoms with Gasteiger partial charge in [0.2, 0.25) is 0 Å². The molecule has 0 unspecified atom stereocenters. The van der Waals surface area contributed by atoms with E-state index < -0.39 is 40.2 Å². The molecule has 0 bridgehead atoms. The maximum absolute atomic E-state index is 13.2. The van der Waals surface area contributed by atoms with E-state index in [-0.39, 0.29) is 33.5 Å². The Bertz CT molecular complexity index is 1500. The third-order valence-corrected chi connectivity index (χ3v) is 6.07. The number of hydrogen-bond acceptors (Lipinski definition) is 6. The fourth-order valence-corrected chi connectivity index (χ4v) is 3.86. The second-order valence-electron chi connectivity index (χ2n) is 7.97. The van der Waals surface area contributed by atoms with Crippen LogP contribution in [0.1, 0.15) is 33.2 Å². The van der Waals surface area contributed by atoms with Crippen LogP contribution in [0.25, 0.3) is 0 Å². The summed E-state index contributed by atoms with van der Waals surface area (Å²) in [7, 11) is 0. The summed E-state index contributed by atoms with van der Waals surface area (Å²) in [6, 6.07) is 13.8. The Kier molecular flexibility index (Phi) is 7.30. The van der Waals surface area contributed by atoms with Crippen LogP contribution in [0, 0.1) is 0 Å². The largest absolute Gasteiger partial charge is 0.423 e. The van der Waals surface area contributed by atoms with Gasteiger partial charge in [0.1, 0.15) is 16.5 Å². The van der Waals surface area contributed by atoms with Gasteiger partial charge in [0.05, 0.1) is 21.8 Å². The van der Waals surface area contributed by atoms with Gasteiger partial charge in [-0.15, -0.1) is 0 Å². The van der Waals surface area contributed by atoms with Crippen molar-refractivity contribution in [1.82, 2.24) is 0 Å². The Morgan fingerprint density at radius 1 is 0.868 bits per heavy atom. The smallest absolute Gasteiger partial charge is 0.416 e. The molecular formula is C26H15Cl2F3N2O5. The van der Waals surface area contributed by atoms with Gasteiger partial charge in [0.25, 0.3) is 11.8 Å². The fraction of sp³-hybridized carbons (Fsp3) is 0.0769. The van der Waals surface area contributed by atoms with Crippen molar-refractivity contribution in [2.24, 2.45) is 0 Å². The van der Waals surface area contributed by atoms with Gasteiger partial charge in [0.15, 0.2) is 5.78 Å². The molecule has 1 aliphatic heterocycles. The number of esters is 1. The van der Waals surface area contributed by atoms with Gasteiger partial charge < -0.3 is 10.1 Å². The van der Waals surface area contributed by atoms with Crippen LogP contribution in [-0.4, -0.2) is 23.6 Å². The van der Waals surface area contributed by atoms with Gasteiger partial charge in [-0.25, -0.2) is 9.69 Å². The van der Waals surface area contributed by atoms with E-state index in [1.54, 1.807) is 0 Å². The molecule has 0 atom stereocenters. The Morgan fingerprint density at radius 3 is 2.05 bits per heavy atom. The van der Waals surface area contributed by atoms with Crippen molar-refractivity contribution >= 4 is 58.1 Å². The van der Waals surface area contributed by atoms with Crippen molar-refractivity contribution in [2.45, 2.75) is 13.1 Å². The van der Waals surface area contributed by atoms with Crippen LogP contribution >= 0.6 is 23.2 Å². The topological polar surface area (TPSA) is 92.8 Å². The number of carbonyl (C=O) groups is 4. The quantitative estimate of drug-likeness (QED) is 0.166. The molecule has 2 amide bonds. The highest BCUT2D eigenvalue weighted by atomic mass is 35.5. The van der Waals surface area contributed by atoms with Gasteiger partial charge in [-0.3, -0.25) is 14.4 Å². The van der Waals surface area contributed by atoms with E-state index >= 15 is 0 Å². The van der Waals surface area contributed by atoms with Gasteiger partial charge >= 0.3 is 12.1 Å². The second kappa shape index (κ2) is 10.3. The van der Waals surface area contributed by atoms with Crippen LogP contribution in [0.4, 0.5) is 24.5 Å². The first kappa shape index (κ1) is 26.9. The zero-order chi connectivity index (χ0) is 27.8. The normalized spacial score (nSPS) is 13.7. The minimum absolute atomic E-state index is 0.135. The van der Waals surface area contributed by atoms with E-state index in [9.17, 15) is 32.3 Å². The average Bonchev–Trinajstić information content (AvgIpc) is 3.07. The highest BCUT2D eigenvalue weighted by molar-refractivity contribution is 6.53. The number of nitrogens with zero attached hydrogens (tertiary/aromatic N) is 1. The van der Waals surface area contributed by atoms with Crippen molar-refractivity contribution in [3.63, 3.8) is 0 Å². The SMILES string of the molecule is CC(=O)c1ccc(OC(=O)c2ccc(NC3=C(Cl)C(=O)N(c4cc(C(F)(F)F)ccc4Cl)C3=O)cc2)cc1. The van der Waals surface area contributed by atoms with Crippen LogP contribution in [0.5, 0.6) is 5.75 Å². The first-order valence-electron chi connectivity index (χ1n) is 10.7. The lowest BCUT2D eigenvalue weighted by molar-refractivity contribution is -0.137. The number of ether oxygens (including phenoxy) is 1. The summed E-state index contributed by atoms with van der Waals surface area (Å²) in [6.07, 6.45) is -4.73. The third kappa shape index (κ3) is 5.41. The molecule has 1 N–H and O–H groups in total. The highest BCUT2D eigenvalue weighted by Crippen LogP contribution is 2.38. The Labute approximate surface area is 223 Å². The van der Waals surface area contributed by atoms with E-state index in [1.165, 1.54) is 55.5 Å². The van der Waals surface area contributed by atoms with Gasteiger partial charge in [-0.05, 0) is 73.7 Å². The molecule has 0 radical (unpaired) electrons. The number of alkyl halides is 3. The lowest BCUT2D eigenvalue weighted by Gasteiger charge is -2.18. The summed E-state index contributed by atoms with van der Waals surface area (Å²) in [4.78, 5) is 49.8. The number of ketones is 1. The number of rotatable bonds is 6. The minimum atomic E-state index is -4.73. The summed E-state index contributed by atoms with van der Waals surface area (Å²) >= 11 is 12.0. The average molecular weight is 563 g/mol. The molecule has 38 heavy (non-hydrogen) atoms. The molecule has 0 saturated heterocycles. The molecular weight excluding hydrogens is 548 g/mol. The molecule has 4 rings (SSSR count). The number of carbonyl (C=O) groups excluding carboxylic acids is 4. The lowest BCUT2D eigenvalue weighted by Crippen LogP contribution is -2.32. The van der Waals surface area contributed by atoms with Crippen molar-refractivity contribution in [1.29, 1.82) is 0 Å². The Hall–Kier alpha value is -4.15. The van der Waals surface area contributed by atoms with Crippen molar-refractivity contribution < 1.29 is 37.1 Å². The predicted octanol–water partition coefficient (Wildman–Crippen LogP) is 6.22.